The van der Waals surface area contributed by atoms with E-state index in [0.29, 0.717) is 35.4 Å². The quantitative estimate of drug-likeness (QED) is 0.708. The van der Waals surface area contributed by atoms with Gasteiger partial charge in [-0.2, -0.15) is 0 Å². The van der Waals surface area contributed by atoms with Crippen LogP contribution in [0.15, 0.2) is 41.2 Å². The predicted octanol–water partition coefficient (Wildman–Crippen LogP) is 3.05. The topological polar surface area (TPSA) is 81.0 Å². The highest BCUT2D eigenvalue weighted by atomic mass is 16.5. The maximum atomic E-state index is 13.6. The minimum Gasteiger partial charge on any atom is -0.506 e. The van der Waals surface area contributed by atoms with E-state index < -0.39 is 17.0 Å². The van der Waals surface area contributed by atoms with Crippen molar-refractivity contribution in [3.05, 3.63) is 57.9 Å². The van der Waals surface area contributed by atoms with Gasteiger partial charge in [0.05, 0.1) is 18.2 Å². The molecule has 30 heavy (non-hydrogen) atoms. The molecule has 5 rings (SSSR count). The summed E-state index contributed by atoms with van der Waals surface area (Å²) in [5, 5.41) is 11.5. The molecule has 3 aromatic rings. The number of carbonyl (C=O) groups is 1. The maximum absolute atomic E-state index is 13.6. The molecule has 154 valence electrons. The van der Waals surface area contributed by atoms with E-state index in [9.17, 15) is 14.7 Å². The number of methoxy groups -OCH3 is 1. The van der Waals surface area contributed by atoms with E-state index in [1.165, 1.54) is 7.11 Å². The molecule has 0 saturated carbocycles. The number of aromatic nitrogens is 1. The number of nitrogens with zero attached hydrogens (tertiary/aromatic N) is 2. The highest BCUT2D eigenvalue weighted by Crippen LogP contribution is 2.42. The number of hydrogen-bond donors (Lipinski definition) is 1. The second-order valence-electron chi connectivity index (χ2n) is 8.32. The van der Waals surface area contributed by atoms with E-state index >= 15 is 0 Å². The van der Waals surface area contributed by atoms with Gasteiger partial charge < -0.3 is 19.5 Å². The molecule has 0 spiro atoms. The van der Waals surface area contributed by atoms with Crippen LogP contribution >= 0.6 is 0 Å². The Morgan fingerprint density at radius 1 is 1.23 bits per heavy atom. The highest BCUT2D eigenvalue weighted by Gasteiger charge is 2.37. The molecule has 0 atom stereocenters. The summed E-state index contributed by atoms with van der Waals surface area (Å²) in [6, 6.07) is 10.9. The lowest BCUT2D eigenvalue weighted by atomic mass is 9.99. The van der Waals surface area contributed by atoms with Crippen LogP contribution in [0.2, 0.25) is 0 Å². The van der Waals surface area contributed by atoms with Crippen LogP contribution in [0.25, 0.3) is 10.9 Å². The van der Waals surface area contributed by atoms with Crippen molar-refractivity contribution >= 4 is 22.5 Å². The third kappa shape index (κ3) is 2.44. The van der Waals surface area contributed by atoms with Crippen LogP contribution in [-0.2, 0) is 12.0 Å². The third-order valence-corrected chi connectivity index (χ3v) is 5.95. The highest BCUT2D eigenvalue weighted by molar-refractivity contribution is 6.12. The zero-order chi connectivity index (χ0) is 21.2. The number of anilines is 1. The largest absolute Gasteiger partial charge is 0.506 e. The van der Waals surface area contributed by atoms with Crippen LogP contribution in [-0.4, -0.2) is 35.8 Å². The Morgan fingerprint density at radius 3 is 2.77 bits per heavy atom. The van der Waals surface area contributed by atoms with Gasteiger partial charge in [-0.15, -0.1) is 0 Å². The summed E-state index contributed by atoms with van der Waals surface area (Å²) in [7, 11) is 1.51. The van der Waals surface area contributed by atoms with Crippen LogP contribution < -0.4 is 19.9 Å². The van der Waals surface area contributed by atoms with Crippen molar-refractivity contribution in [2.45, 2.75) is 25.8 Å². The van der Waals surface area contributed by atoms with E-state index in [2.05, 4.69) is 0 Å². The summed E-state index contributed by atoms with van der Waals surface area (Å²) in [5.41, 5.74) is 0.845. The molecule has 0 fully saturated rings. The van der Waals surface area contributed by atoms with Gasteiger partial charge in [0, 0.05) is 23.7 Å². The molecule has 2 aliphatic heterocycles. The molecule has 0 saturated heterocycles. The number of benzene rings is 2. The normalized spacial score (nSPS) is 16.3. The van der Waals surface area contributed by atoms with Gasteiger partial charge >= 0.3 is 0 Å². The van der Waals surface area contributed by atoms with Crippen molar-refractivity contribution in [3.8, 4) is 17.2 Å². The zero-order valence-corrected chi connectivity index (χ0v) is 17.1. The molecule has 7 heteroatoms. The monoisotopic (exact) mass is 406 g/mol. The summed E-state index contributed by atoms with van der Waals surface area (Å²) < 4.78 is 12.8. The summed E-state index contributed by atoms with van der Waals surface area (Å²) in [6.45, 7) is 4.47. The van der Waals surface area contributed by atoms with Gasteiger partial charge in [-0.25, -0.2) is 0 Å². The number of carbonyl (C=O) groups excluding carboxylic acids is 1. The number of rotatable bonds is 2. The molecule has 1 amide bonds. The van der Waals surface area contributed by atoms with Crippen LogP contribution in [0, 0.1) is 0 Å². The SMILES string of the molecule is COc1cc2c3c(c1)c(O)c(C(=O)N1CCc4ccccc41)c(=O)n3C(C)(C)CO2. The number of ether oxygens (including phenoxy) is 2. The Bertz CT molecular complexity index is 1270. The van der Waals surface area contributed by atoms with Crippen molar-refractivity contribution in [2.75, 3.05) is 25.2 Å². The second kappa shape index (κ2) is 6.26. The minimum absolute atomic E-state index is 0.228. The summed E-state index contributed by atoms with van der Waals surface area (Å²) in [5.74, 6) is 0.0751. The second-order valence-corrected chi connectivity index (χ2v) is 8.32. The number of amides is 1. The van der Waals surface area contributed by atoms with E-state index in [1.807, 2.05) is 38.1 Å². The van der Waals surface area contributed by atoms with Gasteiger partial charge in [-0.1, -0.05) is 18.2 Å². The fourth-order valence-electron chi connectivity index (χ4n) is 4.44. The first kappa shape index (κ1) is 18.5. The molecule has 0 unspecified atom stereocenters. The maximum Gasteiger partial charge on any atom is 0.268 e. The Morgan fingerprint density at radius 2 is 2.00 bits per heavy atom. The number of aromatic hydroxyl groups is 1. The van der Waals surface area contributed by atoms with E-state index in [4.69, 9.17) is 9.47 Å². The van der Waals surface area contributed by atoms with E-state index in [0.717, 1.165) is 11.3 Å². The average Bonchev–Trinajstić information content (AvgIpc) is 3.16. The Hall–Kier alpha value is -3.48. The molecular formula is C23H22N2O5. The lowest BCUT2D eigenvalue weighted by molar-refractivity contribution is 0.0982. The lowest BCUT2D eigenvalue weighted by Gasteiger charge is -2.35. The van der Waals surface area contributed by atoms with Gasteiger partial charge in [0.25, 0.3) is 11.5 Å². The van der Waals surface area contributed by atoms with Crippen molar-refractivity contribution in [2.24, 2.45) is 0 Å². The van der Waals surface area contributed by atoms with Gasteiger partial charge in [0.15, 0.2) is 0 Å². The fourth-order valence-corrected chi connectivity index (χ4v) is 4.44. The van der Waals surface area contributed by atoms with Crippen LogP contribution in [0.4, 0.5) is 5.69 Å². The smallest absolute Gasteiger partial charge is 0.268 e. The first-order valence-corrected chi connectivity index (χ1v) is 9.86. The zero-order valence-electron chi connectivity index (χ0n) is 17.1. The van der Waals surface area contributed by atoms with Crippen molar-refractivity contribution in [1.29, 1.82) is 0 Å². The lowest BCUT2D eigenvalue weighted by Crippen LogP contribution is -2.46. The third-order valence-electron chi connectivity index (χ3n) is 5.95. The van der Waals surface area contributed by atoms with Gasteiger partial charge in [0.2, 0.25) is 0 Å². The van der Waals surface area contributed by atoms with Crippen LogP contribution in [0.1, 0.15) is 29.8 Å². The Balaban J connectivity index is 1.80. The molecule has 0 bridgehead atoms. The molecule has 0 aliphatic carbocycles. The molecular weight excluding hydrogens is 384 g/mol. The number of hydrogen-bond acceptors (Lipinski definition) is 5. The average molecular weight is 406 g/mol. The van der Waals surface area contributed by atoms with Crippen LogP contribution in [0.3, 0.4) is 0 Å². The van der Waals surface area contributed by atoms with Crippen LogP contribution in [0.5, 0.6) is 17.2 Å². The first-order valence-electron chi connectivity index (χ1n) is 9.86. The van der Waals surface area contributed by atoms with E-state index in [1.54, 1.807) is 21.6 Å². The molecule has 1 aromatic heterocycles. The minimum atomic E-state index is -0.692. The van der Waals surface area contributed by atoms with Gasteiger partial charge in [-0.3, -0.25) is 14.2 Å². The molecule has 0 radical (unpaired) electrons. The fraction of sp³-hybridized carbons (Fsp3) is 0.304. The van der Waals surface area contributed by atoms with E-state index in [-0.39, 0.29) is 17.9 Å². The molecule has 1 N–H and O–H groups in total. The van der Waals surface area contributed by atoms with Crippen molar-refractivity contribution in [1.82, 2.24) is 4.57 Å². The molecule has 3 heterocycles. The summed E-state index contributed by atoms with van der Waals surface area (Å²) in [4.78, 5) is 28.7. The van der Waals surface area contributed by atoms with Crippen molar-refractivity contribution < 1.29 is 19.4 Å². The molecule has 7 nitrogen and oxygen atoms in total. The Kier molecular flexibility index (Phi) is 3.87. The molecule has 2 aliphatic rings. The summed E-state index contributed by atoms with van der Waals surface area (Å²) >= 11 is 0. The van der Waals surface area contributed by atoms with Crippen molar-refractivity contribution in [3.63, 3.8) is 0 Å². The molecule has 2 aromatic carbocycles. The van der Waals surface area contributed by atoms with Gasteiger partial charge in [0.1, 0.15) is 29.4 Å². The first-order chi connectivity index (χ1) is 14.3. The number of fused-ring (bicyclic) bond motifs is 1. The standard InChI is InChI=1S/C23H22N2O5/c1-23(2)12-30-17-11-14(29-3)10-15-19(17)25(23)22(28)18(20(15)26)21(27)24-9-8-13-6-4-5-7-16(13)24/h4-7,10-11,26H,8-9,12H2,1-3H3. The summed E-state index contributed by atoms with van der Waals surface area (Å²) in [6.07, 6.45) is 0.710. The predicted molar refractivity (Wildman–Crippen MR) is 113 cm³/mol. The number of para-hydroxylation sites is 1. The number of pyridine rings is 1. The van der Waals surface area contributed by atoms with Gasteiger partial charge in [-0.05, 0) is 38.0 Å². The Labute approximate surface area is 173 Å².